The van der Waals surface area contributed by atoms with Crippen molar-refractivity contribution in [1.82, 2.24) is 25.1 Å². The minimum Gasteiger partial charge on any atom is -0.406 e. The number of carbonyl (C=O) groups excluding carboxylic acids is 1. The third kappa shape index (κ3) is 5.17. The Hall–Kier alpha value is -4.02. The van der Waals surface area contributed by atoms with Gasteiger partial charge in [0.2, 0.25) is 5.91 Å². The molecule has 0 aliphatic carbocycles. The van der Waals surface area contributed by atoms with E-state index in [0.29, 0.717) is 28.3 Å². The fraction of sp³-hybridized carbons (Fsp3) is 0.143. The highest BCUT2D eigenvalue weighted by Gasteiger charge is 2.30. The number of aromatic nitrogens is 4. The Morgan fingerprint density at radius 2 is 1.69 bits per heavy atom. The van der Waals surface area contributed by atoms with Gasteiger partial charge in [0.1, 0.15) is 11.6 Å². The standard InChI is InChI=1S/C21H15F4N5O2/c22-15-5-3-14(4-6-15)17-9-10-18-27-28-19(30(18)29-17)12-26-20(31)11-13-1-7-16(8-2-13)32-21(23,24)25/h1-10H,11-12H2,(H,26,31). The van der Waals surface area contributed by atoms with E-state index < -0.39 is 6.36 Å². The Morgan fingerprint density at radius 1 is 0.969 bits per heavy atom. The first kappa shape index (κ1) is 21.2. The van der Waals surface area contributed by atoms with E-state index in [1.807, 2.05) is 0 Å². The number of fused-ring (bicyclic) bond motifs is 1. The molecule has 0 saturated heterocycles. The fourth-order valence-corrected chi connectivity index (χ4v) is 2.95. The van der Waals surface area contributed by atoms with Crippen molar-refractivity contribution in [3.63, 3.8) is 0 Å². The molecule has 4 rings (SSSR count). The molecule has 7 nitrogen and oxygen atoms in total. The summed E-state index contributed by atoms with van der Waals surface area (Å²) in [5, 5.41) is 15.2. The first-order chi connectivity index (χ1) is 15.3. The molecule has 2 aromatic heterocycles. The van der Waals surface area contributed by atoms with Gasteiger partial charge in [-0.05, 0) is 54.1 Å². The number of ether oxygens (including phenoxy) is 1. The molecule has 0 bridgehead atoms. The smallest absolute Gasteiger partial charge is 0.406 e. The Balaban J connectivity index is 1.41. The lowest BCUT2D eigenvalue weighted by atomic mass is 10.1. The molecule has 0 spiro atoms. The maximum absolute atomic E-state index is 13.2. The van der Waals surface area contributed by atoms with E-state index in [9.17, 15) is 22.4 Å². The van der Waals surface area contributed by atoms with Gasteiger partial charge in [0, 0.05) is 5.56 Å². The van der Waals surface area contributed by atoms with Crippen LogP contribution in [0.4, 0.5) is 17.6 Å². The Morgan fingerprint density at radius 3 is 2.38 bits per heavy atom. The highest BCUT2D eigenvalue weighted by Crippen LogP contribution is 2.23. The van der Waals surface area contributed by atoms with Gasteiger partial charge >= 0.3 is 6.36 Å². The summed E-state index contributed by atoms with van der Waals surface area (Å²) >= 11 is 0. The first-order valence-electron chi connectivity index (χ1n) is 9.35. The summed E-state index contributed by atoms with van der Waals surface area (Å²) in [5.74, 6) is -0.697. The molecule has 4 aromatic rings. The summed E-state index contributed by atoms with van der Waals surface area (Å²) in [6.07, 6.45) is -4.82. The van der Waals surface area contributed by atoms with Crippen LogP contribution in [-0.4, -0.2) is 32.1 Å². The second-order valence-corrected chi connectivity index (χ2v) is 6.76. The predicted octanol–water partition coefficient (Wildman–Crippen LogP) is 3.69. The summed E-state index contributed by atoms with van der Waals surface area (Å²) in [5.41, 5.74) is 2.26. The van der Waals surface area contributed by atoms with Crippen LogP contribution in [-0.2, 0) is 17.8 Å². The number of halogens is 4. The lowest BCUT2D eigenvalue weighted by molar-refractivity contribution is -0.274. The number of rotatable bonds is 6. The van der Waals surface area contributed by atoms with Crippen LogP contribution in [0.1, 0.15) is 11.4 Å². The summed E-state index contributed by atoms with van der Waals surface area (Å²) < 4.78 is 55.1. The average molecular weight is 445 g/mol. The molecule has 0 aliphatic rings. The van der Waals surface area contributed by atoms with Gasteiger partial charge in [-0.15, -0.1) is 23.4 Å². The molecular formula is C21H15F4N5O2. The number of hydrogen-bond donors (Lipinski definition) is 1. The molecule has 0 aliphatic heterocycles. The van der Waals surface area contributed by atoms with Crippen LogP contribution in [0.15, 0.2) is 60.7 Å². The van der Waals surface area contributed by atoms with Crippen LogP contribution in [0.3, 0.4) is 0 Å². The van der Waals surface area contributed by atoms with Crippen molar-refractivity contribution in [2.75, 3.05) is 0 Å². The van der Waals surface area contributed by atoms with Crippen molar-refractivity contribution < 1.29 is 27.1 Å². The van der Waals surface area contributed by atoms with Crippen LogP contribution < -0.4 is 10.1 Å². The second-order valence-electron chi connectivity index (χ2n) is 6.76. The number of hydrogen-bond acceptors (Lipinski definition) is 5. The molecule has 2 heterocycles. The van der Waals surface area contributed by atoms with Gasteiger partial charge in [0.25, 0.3) is 0 Å². The van der Waals surface area contributed by atoms with E-state index in [4.69, 9.17) is 0 Å². The molecule has 0 saturated carbocycles. The molecule has 0 unspecified atom stereocenters. The van der Waals surface area contributed by atoms with Gasteiger partial charge < -0.3 is 10.1 Å². The molecule has 1 N–H and O–H groups in total. The topological polar surface area (TPSA) is 81.4 Å². The van der Waals surface area contributed by atoms with E-state index in [1.165, 1.54) is 28.8 Å². The summed E-state index contributed by atoms with van der Waals surface area (Å²) in [6, 6.07) is 14.3. The average Bonchev–Trinajstić information content (AvgIpc) is 3.15. The fourth-order valence-electron chi connectivity index (χ4n) is 2.95. The molecule has 32 heavy (non-hydrogen) atoms. The van der Waals surface area contributed by atoms with Gasteiger partial charge in [-0.25, -0.2) is 4.39 Å². The summed E-state index contributed by atoms with van der Waals surface area (Å²) in [6.45, 7) is 0.0368. The zero-order chi connectivity index (χ0) is 22.7. The molecule has 0 atom stereocenters. The molecule has 2 aromatic carbocycles. The van der Waals surface area contributed by atoms with E-state index in [1.54, 1.807) is 24.3 Å². The molecule has 164 valence electrons. The van der Waals surface area contributed by atoms with Crippen molar-refractivity contribution in [3.05, 3.63) is 77.9 Å². The lowest BCUT2D eigenvalue weighted by Crippen LogP contribution is -2.26. The van der Waals surface area contributed by atoms with Crippen LogP contribution in [0.25, 0.3) is 16.9 Å². The minimum atomic E-state index is -4.77. The predicted molar refractivity (Wildman–Crippen MR) is 105 cm³/mol. The monoisotopic (exact) mass is 445 g/mol. The molecule has 0 fully saturated rings. The molecule has 1 amide bonds. The van der Waals surface area contributed by atoms with E-state index in [2.05, 4.69) is 25.3 Å². The lowest BCUT2D eigenvalue weighted by Gasteiger charge is -2.09. The quantitative estimate of drug-likeness (QED) is 0.458. The normalized spacial score (nSPS) is 11.5. The Labute approximate surface area is 178 Å². The second kappa shape index (κ2) is 8.61. The van der Waals surface area contributed by atoms with Crippen molar-refractivity contribution in [3.8, 4) is 17.0 Å². The number of amides is 1. The van der Waals surface area contributed by atoms with Crippen molar-refractivity contribution in [2.45, 2.75) is 19.3 Å². The number of benzene rings is 2. The van der Waals surface area contributed by atoms with Crippen molar-refractivity contribution in [1.29, 1.82) is 0 Å². The molecule has 11 heteroatoms. The third-order valence-corrected chi connectivity index (χ3v) is 4.43. The van der Waals surface area contributed by atoms with Gasteiger partial charge in [-0.1, -0.05) is 12.1 Å². The van der Waals surface area contributed by atoms with Crippen molar-refractivity contribution >= 4 is 11.6 Å². The first-order valence-corrected chi connectivity index (χ1v) is 9.35. The number of alkyl halides is 3. The SMILES string of the molecule is O=C(Cc1ccc(OC(F)(F)F)cc1)NCc1nnc2ccc(-c3ccc(F)cc3)nn12. The molecule has 0 radical (unpaired) electrons. The molecular weight excluding hydrogens is 430 g/mol. The van der Waals surface area contributed by atoms with Crippen molar-refractivity contribution in [2.24, 2.45) is 0 Å². The van der Waals surface area contributed by atoms with Gasteiger partial charge in [0.15, 0.2) is 11.5 Å². The summed E-state index contributed by atoms with van der Waals surface area (Å²) in [4.78, 5) is 12.2. The van der Waals surface area contributed by atoms with Gasteiger partial charge in [-0.3, -0.25) is 4.79 Å². The zero-order valence-corrected chi connectivity index (χ0v) is 16.3. The largest absolute Gasteiger partial charge is 0.573 e. The third-order valence-electron chi connectivity index (χ3n) is 4.43. The van der Waals surface area contributed by atoms with Crippen LogP contribution in [0.5, 0.6) is 5.75 Å². The van der Waals surface area contributed by atoms with Crippen LogP contribution in [0.2, 0.25) is 0 Å². The van der Waals surface area contributed by atoms with Crippen LogP contribution in [0, 0.1) is 5.82 Å². The number of nitrogens with one attached hydrogen (secondary N) is 1. The van der Waals surface area contributed by atoms with Gasteiger partial charge in [-0.2, -0.15) is 9.61 Å². The highest BCUT2D eigenvalue weighted by molar-refractivity contribution is 5.78. The summed E-state index contributed by atoms with van der Waals surface area (Å²) in [7, 11) is 0. The maximum Gasteiger partial charge on any atom is 0.573 e. The Bertz CT molecular complexity index is 1240. The Kier molecular flexibility index (Phi) is 5.71. The van der Waals surface area contributed by atoms with Crippen LogP contribution >= 0.6 is 0 Å². The van der Waals surface area contributed by atoms with E-state index in [0.717, 1.165) is 12.1 Å². The number of carbonyl (C=O) groups is 1. The van der Waals surface area contributed by atoms with Gasteiger partial charge in [0.05, 0.1) is 18.7 Å². The van der Waals surface area contributed by atoms with E-state index in [-0.39, 0.29) is 30.4 Å². The highest BCUT2D eigenvalue weighted by atomic mass is 19.4. The number of nitrogens with zero attached hydrogens (tertiary/aromatic N) is 4. The zero-order valence-electron chi connectivity index (χ0n) is 16.3. The van der Waals surface area contributed by atoms with E-state index >= 15 is 0 Å². The minimum absolute atomic E-state index is 0.0368. The maximum atomic E-state index is 13.2.